The minimum absolute atomic E-state index is 0.239. The van der Waals surface area contributed by atoms with Crippen LogP contribution in [0.1, 0.15) is 19.4 Å². The minimum atomic E-state index is -3.49. The van der Waals surface area contributed by atoms with Gasteiger partial charge in [-0.1, -0.05) is 12.1 Å². The summed E-state index contributed by atoms with van der Waals surface area (Å²) in [5.74, 6) is 0. The Hall–Kier alpha value is -0.950. The van der Waals surface area contributed by atoms with Gasteiger partial charge >= 0.3 is 0 Å². The molecule has 0 aliphatic carbocycles. The molecule has 1 atom stereocenters. The zero-order valence-electron chi connectivity index (χ0n) is 10.7. The van der Waals surface area contributed by atoms with Crippen molar-refractivity contribution in [2.45, 2.75) is 31.3 Å². The standard InChI is InChI=1S/C12H20N2O3S/c1-3-17-9-10(2)14-18(15,16)12-6-4-11(8-13)5-7-12/h4-7,10,14H,3,8-9,13H2,1-2H3. The molecule has 0 radical (unpaired) electrons. The quantitative estimate of drug-likeness (QED) is 0.771. The average molecular weight is 272 g/mol. The first-order valence-electron chi connectivity index (χ1n) is 5.88. The fourth-order valence-corrected chi connectivity index (χ4v) is 2.69. The second-order valence-electron chi connectivity index (χ2n) is 4.03. The first-order chi connectivity index (χ1) is 8.49. The molecule has 0 saturated heterocycles. The van der Waals surface area contributed by atoms with Crippen LogP contribution in [0.3, 0.4) is 0 Å². The molecule has 6 heteroatoms. The van der Waals surface area contributed by atoms with E-state index in [1.54, 1.807) is 31.2 Å². The normalized spacial score (nSPS) is 13.5. The lowest BCUT2D eigenvalue weighted by Gasteiger charge is -2.14. The van der Waals surface area contributed by atoms with E-state index in [-0.39, 0.29) is 10.9 Å². The van der Waals surface area contributed by atoms with Crippen LogP contribution in [0.2, 0.25) is 0 Å². The van der Waals surface area contributed by atoms with Gasteiger partial charge in [-0.3, -0.25) is 0 Å². The summed E-state index contributed by atoms with van der Waals surface area (Å²) in [5.41, 5.74) is 6.36. The number of ether oxygens (including phenoxy) is 1. The van der Waals surface area contributed by atoms with E-state index in [1.165, 1.54) is 0 Å². The van der Waals surface area contributed by atoms with Gasteiger partial charge in [0.25, 0.3) is 0 Å². The summed E-state index contributed by atoms with van der Waals surface area (Å²) in [7, 11) is -3.49. The number of benzene rings is 1. The highest BCUT2D eigenvalue weighted by atomic mass is 32.2. The topological polar surface area (TPSA) is 81.4 Å². The molecular formula is C12H20N2O3S. The number of hydrogen-bond acceptors (Lipinski definition) is 4. The van der Waals surface area contributed by atoms with Gasteiger partial charge in [-0.2, -0.15) is 0 Å². The lowest BCUT2D eigenvalue weighted by Crippen LogP contribution is -2.35. The monoisotopic (exact) mass is 272 g/mol. The molecule has 0 heterocycles. The summed E-state index contributed by atoms with van der Waals surface area (Å²) < 4.78 is 31.7. The van der Waals surface area contributed by atoms with Gasteiger partial charge in [-0.05, 0) is 31.5 Å². The summed E-state index contributed by atoms with van der Waals surface area (Å²) in [6.07, 6.45) is 0. The summed E-state index contributed by atoms with van der Waals surface area (Å²) >= 11 is 0. The molecule has 0 spiro atoms. The lowest BCUT2D eigenvalue weighted by atomic mass is 10.2. The van der Waals surface area contributed by atoms with Crippen LogP contribution in [-0.4, -0.2) is 27.7 Å². The molecule has 0 amide bonds. The Morgan fingerprint density at radius 2 is 1.94 bits per heavy atom. The van der Waals surface area contributed by atoms with E-state index in [9.17, 15) is 8.42 Å². The predicted octanol–water partition coefficient (Wildman–Crippen LogP) is 0.849. The molecule has 5 nitrogen and oxygen atoms in total. The predicted molar refractivity (Wildman–Crippen MR) is 70.6 cm³/mol. The number of nitrogens with two attached hydrogens (primary N) is 1. The molecule has 1 aromatic carbocycles. The summed E-state index contributed by atoms with van der Waals surface area (Å²) in [6.45, 7) is 4.95. The van der Waals surface area contributed by atoms with Crippen molar-refractivity contribution in [1.29, 1.82) is 0 Å². The summed E-state index contributed by atoms with van der Waals surface area (Å²) in [4.78, 5) is 0.239. The van der Waals surface area contributed by atoms with Gasteiger partial charge in [0.1, 0.15) is 0 Å². The molecule has 0 aliphatic rings. The van der Waals surface area contributed by atoms with Crippen molar-refractivity contribution in [3.63, 3.8) is 0 Å². The van der Waals surface area contributed by atoms with Crippen LogP contribution in [0.15, 0.2) is 29.2 Å². The van der Waals surface area contributed by atoms with Crippen molar-refractivity contribution < 1.29 is 13.2 Å². The van der Waals surface area contributed by atoms with Crippen molar-refractivity contribution in [3.05, 3.63) is 29.8 Å². The van der Waals surface area contributed by atoms with E-state index in [0.717, 1.165) is 5.56 Å². The van der Waals surface area contributed by atoms with Crippen molar-refractivity contribution in [3.8, 4) is 0 Å². The van der Waals surface area contributed by atoms with Crippen LogP contribution in [0, 0.1) is 0 Å². The van der Waals surface area contributed by atoms with Gasteiger partial charge in [-0.15, -0.1) is 0 Å². The molecular weight excluding hydrogens is 252 g/mol. The third-order valence-electron chi connectivity index (χ3n) is 2.40. The van der Waals surface area contributed by atoms with Gasteiger partial charge in [0.05, 0.1) is 11.5 Å². The molecule has 102 valence electrons. The Morgan fingerprint density at radius 3 is 2.44 bits per heavy atom. The molecule has 1 unspecified atom stereocenters. The van der Waals surface area contributed by atoms with Gasteiger partial charge in [0.15, 0.2) is 0 Å². The van der Waals surface area contributed by atoms with Crippen molar-refractivity contribution in [2.24, 2.45) is 5.73 Å². The maximum atomic E-state index is 12.0. The number of hydrogen-bond donors (Lipinski definition) is 2. The minimum Gasteiger partial charge on any atom is -0.380 e. The van der Waals surface area contributed by atoms with Gasteiger partial charge < -0.3 is 10.5 Å². The van der Waals surface area contributed by atoms with Crippen LogP contribution in [0.5, 0.6) is 0 Å². The van der Waals surface area contributed by atoms with Crippen LogP contribution in [0.4, 0.5) is 0 Å². The Kier molecular flexibility index (Phi) is 5.74. The van der Waals surface area contributed by atoms with Crippen LogP contribution in [-0.2, 0) is 21.3 Å². The van der Waals surface area contributed by atoms with Crippen molar-refractivity contribution in [2.75, 3.05) is 13.2 Å². The molecule has 0 saturated carbocycles. The Balaban J connectivity index is 2.73. The number of nitrogens with one attached hydrogen (secondary N) is 1. The molecule has 0 aliphatic heterocycles. The highest BCUT2D eigenvalue weighted by Gasteiger charge is 2.16. The van der Waals surface area contributed by atoms with E-state index >= 15 is 0 Å². The highest BCUT2D eigenvalue weighted by molar-refractivity contribution is 7.89. The van der Waals surface area contributed by atoms with E-state index in [4.69, 9.17) is 10.5 Å². The smallest absolute Gasteiger partial charge is 0.240 e. The highest BCUT2D eigenvalue weighted by Crippen LogP contribution is 2.10. The zero-order chi connectivity index (χ0) is 13.6. The molecule has 1 rings (SSSR count). The second-order valence-corrected chi connectivity index (χ2v) is 5.74. The fourth-order valence-electron chi connectivity index (χ4n) is 1.47. The largest absolute Gasteiger partial charge is 0.380 e. The van der Waals surface area contributed by atoms with Crippen molar-refractivity contribution in [1.82, 2.24) is 4.72 Å². The third-order valence-corrected chi connectivity index (χ3v) is 4.00. The van der Waals surface area contributed by atoms with Crippen LogP contribution >= 0.6 is 0 Å². The Labute approximate surface area is 108 Å². The zero-order valence-corrected chi connectivity index (χ0v) is 11.5. The lowest BCUT2D eigenvalue weighted by molar-refractivity contribution is 0.133. The second kappa shape index (κ2) is 6.84. The Morgan fingerprint density at radius 1 is 1.33 bits per heavy atom. The maximum Gasteiger partial charge on any atom is 0.240 e. The van der Waals surface area contributed by atoms with Crippen molar-refractivity contribution >= 4 is 10.0 Å². The molecule has 0 bridgehead atoms. The molecule has 18 heavy (non-hydrogen) atoms. The molecule has 0 fully saturated rings. The molecule has 1 aromatic rings. The van der Waals surface area contributed by atoms with E-state index < -0.39 is 10.0 Å². The van der Waals surface area contributed by atoms with E-state index in [2.05, 4.69) is 4.72 Å². The van der Waals surface area contributed by atoms with E-state index in [1.807, 2.05) is 6.92 Å². The Bertz CT molecular complexity index is 457. The fraction of sp³-hybridized carbons (Fsp3) is 0.500. The van der Waals surface area contributed by atoms with E-state index in [0.29, 0.717) is 19.8 Å². The maximum absolute atomic E-state index is 12.0. The molecule has 0 aromatic heterocycles. The number of rotatable bonds is 7. The van der Waals surface area contributed by atoms with Crippen LogP contribution < -0.4 is 10.5 Å². The summed E-state index contributed by atoms with van der Waals surface area (Å²) in [5, 5.41) is 0. The van der Waals surface area contributed by atoms with Gasteiger partial charge in [0, 0.05) is 19.2 Å². The summed E-state index contributed by atoms with van der Waals surface area (Å²) in [6, 6.07) is 6.27. The third kappa shape index (κ3) is 4.38. The van der Waals surface area contributed by atoms with Gasteiger partial charge in [0.2, 0.25) is 10.0 Å². The first-order valence-corrected chi connectivity index (χ1v) is 7.37. The average Bonchev–Trinajstić information content (AvgIpc) is 2.36. The van der Waals surface area contributed by atoms with Crippen LogP contribution in [0.25, 0.3) is 0 Å². The SMILES string of the molecule is CCOCC(C)NS(=O)(=O)c1ccc(CN)cc1. The van der Waals surface area contributed by atoms with Gasteiger partial charge in [-0.25, -0.2) is 13.1 Å². The molecule has 3 N–H and O–H groups in total. The number of sulfonamides is 1. The first kappa shape index (κ1) is 15.1.